The third-order valence-electron chi connectivity index (χ3n) is 2.67. The second kappa shape index (κ2) is 6.33. The lowest BCUT2D eigenvalue weighted by atomic mass is 10.1. The van der Waals surface area contributed by atoms with Gasteiger partial charge in [0, 0.05) is 6.07 Å². The number of rotatable bonds is 4. The molecule has 0 saturated heterocycles. The third kappa shape index (κ3) is 3.55. The van der Waals surface area contributed by atoms with Crippen LogP contribution in [0.1, 0.15) is 11.1 Å². The number of halogens is 2. The topological polar surface area (TPSA) is 76.2 Å². The van der Waals surface area contributed by atoms with E-state index in [2.05, 4.69) is 15.9 Å². The lowest BCUT2D eigenvalue weighted by molar-refractivity contribution is -0.385. The van der Waals surface area contributed by atoms with E-state index in [-0.39, 0.29) is 17.9 Å². The summed E-state index contributed by atoms with van der Waals surface area (Å²) in [6, 6.07) is 9.94. The van der Waals surface area contributed by atoms with Crippen LogP contribution in [0.15, 0.2) is 40.9 Å². The number of nitro groups is 1. The number of hydrogen-bond donors (Lipinski definition) is 0. The fourth-order valence-electron chi connectivity index (χ4n) is 1.63. The van der Waals surface area contributed by atoms with E-state index >= 15 is 0 Å². The first-order chi connectivity index (χ1) is 10.0. The molecule has 0 aliphatic heterocycles. The molecule has 0 aliphatic carbocycles. The van der Waals surface area contributed by atoms with Crippen LogP contribution in [0.3, 0.4) is 0 Å². The molecule has 0 amide bonds. The summed E-state index contributed by atoms with van der Waals surface area (Å²) in [5.74, 6) is -0.301. The minimum atomic E-state index is -0.599. The first-order valence-corrected chi connectivity index (χ1v) is 6.56. The smallest absolute Gasteiger partial charge is 0.273 e. The van der Waals surface area contributed by atoms with Gasteiger partial charge in [0.1, 0.15) is 24.2 Å². The molecule has 0 saturated carbocycles. The molecule has 0 radical (unpaired) electrons. The van der Waals surface area contributed by atoms with Gasteiger partial charge in [-0.15, -0.1) is 0 Å². The van der Waals surface area contributed by atoms with Crippen LogP contribution >= 0.6 is 15.9 Å². The molecule has 0 unspecified atom stereocenters. The molecule has 106 valence electrons. The molecular formula is C14H8BrFN2O3. The Morgan fingerprint density at radius 2 is 2.10 bits per heavy atom. The summed E-state index contributed by atoms with van der Waals surface area (Å²) < 4.78 is 19.2. The first kappa shape index (κ1) is 14.9. The van der Waals surface area contributed by atoms with E-state index in [0.717, 1.165) is 0 Å². The van der Waals surface area contributed by atoms with Crippen molar-refractivity contribution in [2.45, 2.75) is 6.61 Å². The second-order valence-corrected chi connectivity index (χ2v) is 4.94. The van der Waals surface area contributed by atoms with Crippen molar-refractivity contribution >= 4 is 21.6 Å². The standard InChI is InChI=1S/C14H8BrFN2O3/c15-12-3-2-11(18(19)20)6-14(12)21-8-9-1-4-13(16)10(5-9)7-17/h1-6H,8H2. The van der Waals surface area contributed by atoms with E-state index < -0.39 is 10.7 Å². The summed E-state index contributed by atoms with van der Waals surface area (Å²) >= 11 is 3.23. The molecule has 0 bridgehead atoms. The monoisotopic (exact) mass is 350 g/mol. The van der Waals surface area contributed by atoms with E-state index in [9.17, 15) is 14.5 Å². The minimum Gasteiger partial charge on any atom is -0.487 e. The van der Waals surface area contributed by atoms with Crippen molar-refractivity contribution in [3.8, 4) is 11.8 Å². The number of nitriles is 1. The maximum absolute atomic E-state index is 13.2. The van der Waals surface area contributed by atoms with Crippen molar-refractivity contribution in [2.75, 3.05) is 0 Å². The maximum atomic E-state index is 13.2. The van der Waals surface area contributed by atoms with Crippen molar-refractivity contribution in [1.82, 2.24) is 0 Å². The zero-order valence-electron chi connectivity index (χ0n) is 10.5. The zero-order chi connectivity index (χ0) is 15.4. The van der Waals surface area contributed by atoms with Crippen molar-refractivity contribution in [1.29, 1.82) is 5.26 Å². The van der Waals surface area contributed by atoms with Gasteiger partial charge in [0.25, 0.3) is 5.69 Å². The van der Waals surface area contributed by atoms with E-state index in [0.29, 0.717) is 15.8 Å². The van der Waals surface area contributed by atoms with Gasteiger partial charge in [0.15, 0.2) is 0 Å². The molecule has 2 aromatic rings. The SMILES string of the molecule is N#Cc1cc(COc2cc([N+](=O)[O-])ccc2Br)ccc1F. The number of ether oxygens (including phenoxy) is 1. The number of non-ortho nitro benzene ring substituents is 1. The zero-order valence-corrected chi connectivity index (χ0v) is 12.1. The predicted octanol–water partition coefficient (Wildman–Crippen LogP) is 3.95. The van der Waals surface area contributed by atoms with Crippen molar-refractivity contribution in [3.05, 3.63) is 67.9 Å². The fourth-order valence-corrected chi connectivity index (χ4v) is 1.99. The van der Waals surface area contributed by atoms with Gasteiger partial charge in [-0.3, -0.25) is 10.1 Å². The van der Waals surface area contributed by atoms with E-state index in [1.54, 1.807) is 6.07 Å². The summed E-state index contributed by atoms with van der Waals surface area (Å²) in [5, 5.41) is 19.5. The molecule has 0 atom stereocenters. The number of nitrogens with zero attached hydrogens (tertiary/aromatic N) is 2. The number of nitro benzene ring substituents is 1. The van der Waals surface area contributed by atoms with Crippen molar-refractivity contribution in [2.24, 2.45) is 0 Å². The van der Waals surface area contributed by atoms with Crippen LogP contribution < -0.4 is 4.74 Å². The average molecular weight is 351 g/mol. The van der Waals surface area contributed by atoms with Gasteiger partial charge in [-0.1, -0.05) is 6.07 Å². The highest BCUT2D eigenvalue weighted by atomic mass is 79.9. The van der Waals surface area contributed by atoms with Crippen LogP contribution in [0, 0.1) is 27.3 Å². The van der Waals surface area contributed by atoms with Gasteiger partial charge in [0.2, 0.25) is 0 Å². The molecule has 0 aliphatic rings. The van der Waals surface area contributed by atoms with Gasteiger partial charge < -0.3 is 4.74 Å². The Labute approximate surface area is 127 Å². The van der Waals surface area contributed by atoms with Gasteiger partial charge in [-0.05, 0) is 39.7 Å². The Kier molecular flexibility index (Phi) is 4.50. The van der Waals surface area contributed by atoms with Crippen LogP contribution in [-0.2, 0) is 6.61 Å². The van der Waals surface area contributed by atoms with Crippen LogP contribution in [0.2, 0.25) is 0 Å². The average Bonchev–Trinajstić information content (AvgIpc) is 2.47. The highest BCUT2D eigenvalue weighted by molar-refractivity contribution is 9.10. The molecule has 0 heterocycles. The molecular weight excluding hydrogens is 343 g/mol. The van der Waals surface area contributed by atoms with E-state index in [1.165, 1.54) is 36.4 Å². The summed E-state index contributed by atoms with van der Waals surface area (Å²) in [6.45, 7) is 0.0642. The Hall–Kier alpha value is -2.46. The fraction of sp³-hybridized carbons (Fsp3) is 0.0714. The molecule has 2 aromatic carbocycles. The van der Waals surface area contributed by atoms with Gasteiger partial charge >= 0.3 is 0 Å². The van der Waals surface area contributed by atoms with Crippen LogP contribution in [0.5, 0.6) is 5.75 Å². The lowest BCUT2D eigenvalue weighted by Gasteiger charge is -2.08. The minimum absolute atomic E-state index is 0.0642. The normalized spacial score (nSPS) is 9.95. The molecule has 5 nitrogen and oxygen atoms in total. The highest BCUT2D eigenvalue weighted by Gasteiger charge is 2.11. The number of hydrogen-bond acceptors (Lipinski definition) is 4. The summed E-state index contributed by atoms with van der Waals surface area (Å²) in [6.07, 6.45) is 0. The Morgan fingerprint density at radius 3 is 2.76 bits per heavy atom. The largest absolute Gasteiger partial charge is 0.487 e. The maximum Gasteiger partial charge on any atom is 0.273 e. The molecule has 2 rings (SSSR count). The lowest BCUT2D eigenvalue weighted by Crippen LogP contribution is -1.98. The van der Waals surface area contributed by atoms with Crippen LogP contribution in [-0.4, -0.2) is 4.92 Å². The quantitative estimate of drug-likeness (QED) is 0.617. The van der Waals surface area contributed by atoms with Gasteiger partial charge in [-0.25, -0.2) is 4.39 Å². The van der Waals surface area contributed by atoms with E-state index in [1.807, 2.05) is 0 Å². The Balaban J connectivity index is 2.18. The van der Waals surface area contributed by atoms with Crippen LogP contribution in [0.4, 0.5) is 10.1 Å². The Bertz CT molecular complexity index is 743. The molecule has 7 heteroatoms. The molecule has 0 aromatic heterocycles. The van der Waals surface area contributed by atoms with Crippen LogP contribution in [0.25, 0.3) is 0 Å². The molecule has 0 spiro atoms. The molecule has 21 heavy (non-hydrogen) atoms. The Morgan fingerprint density at radius 1 is 1.33 bits per heavy atom. The number of benzene rings is 2. The highest BCUT2D eigenvalue weighted by Crippen LogP contribution is 2.30. The van der Waals surface area contributed by atoms with Crippen molar-refractivity contribution < 1.29 is 14.1 Å². The summed E-state index contributed by atoms with van der Waals surface area (Å²) in [4.78, 5) is 10.2. The molecule has 0 fully saturated rings. The summed E-state index contributed by atoms with van der Waals surface area (Å²) in [5.41, 5.74) is 0.422. The summed E-state index contributed by atoms with van der Waals surface area (Å²) in [7, 11) is 0. The second-order valence-electron chi connectivity index (χ2n) is 4.09. The van der Waals surface area contributed by atoms with Gasteiger partial charge in [-0.2, -0.15) is 5.26 Å². The van der Waals surface area contributed by atoms with E-state index in [4.69, 9.17) is 10.00 Å². The van der Waals surface area contributed by atoms with Gasteiger partial charge in [0.05, 0.1) is 21.0 Å². The first-order valence-electron chi connectivity index (χ1n) is 5.76. The predicted molar refractivity (Wildman–Crippen MR) is 76.2 cm³/mol. The third-order valence-corrected chi connectivity index (χ3v) is 3.33. The molecule has 0 N–H and O–H groups in total. The van der Waals surface area contributed by atoms with Crippen molar-refractivity contribution in [3.63, 3.8) is 0 Å².